The first-order valence-electron chi connectivity index (χ1n) is 10.6. The van der Waals surface area contributed by atoms with Gasteiger partial charge in [-0.25, -0.2) is 9.18 Å². The van der Waals surface area contributed by atoms with E-state index in [1.807, 2.05) is 17.0 Å². The molecule has 0 saturated carbocycles. The summed E-state index contributed by atoms with van der Waals surface area (Å²) in [5, 5.41) is 6.40. The van der Waals surface area contributed by atoms with Crippen molar-refractivity contribution in [3.05, 3.63) is 59.2 Å². The van der Waals surface area contributed by atoms with Crippen LogP contribution in [0.1, 0.15) is 43.5 Å². The third kappa shape index (κ3) is 4.90. The highest BCUT2D eigenvalue weighted by molar-refractivity contribution is 5.74. The molecule has 6 nitrogen and oxygen atoms in total. The van der Waals surface area contributed by atoms with Gasteiger partial charge in [0.15, 0.2) is 0 Å². The molecule has 0 spiro atoms. The molecule has 2 aromatic rings. The smallest absolute Gasteiger partial charge is 0.318 e. The lowest BCUT2D eigenvalue weighted by Crippen LogP contribution is -2.49. The number of pyridine rings is 1. The zero-order chi connectivity index (χ0) is 21.1. The number of hydrogen-bond donors (Lipinski definition) is 2. The highest BCUT2D eigenvalue weighted by atomic mass is 19.1. The third-order valence-corrected chi connectivity index (χ3v) is 5.70. The molecule has 2 amide bonds. The molecule has 4 rings (SSSR count). The number of piperidine rings is 1. The summed E-state index contributed by atoms with van der Waals surface area (Å²) in [6, 6.07) is 9.13. The largest absolute Gasteiger partial charge is 0.487 e. The molecule has 7 heteroatoms. The first-order valence-corrected chi connectivity index (χ1v) is 10.6. The Morgan fingerprint density at radius 3 is 2.83 bits per heavy atom. The van der Waals surface area contributed by atoms with Gasteiger partial charge in [-0.3, -0.25) is 4.98 Å². The van der Waals surface area contributed by atoms with Crippen molar-refractivity contribution in [2.75, 3.05) is 13.1 Å². The number of benzene rings is 1. The van der Waals surface area contributed by atoms with E-state index in [1.54, 1.807) is 6.07 Å². The summed E-state index contributed by atoms with van der Waals surface area (Å²) in [4.78, 5) is 19.1. The van der Waals surface area contributed by atoms with Crippen LogP contribution in [0.3, 0.4) is 0 Å². The van der Waals surface area contributed by atoms with Crippen LogP contribution in [0.25, 0.3) is 0 Å². The molecule has 3 heterocycles. The van der Waals surface area contributed by atoms with Crippen molar-refractivity contribution in [2.45, 2.75) is 57.8 Å². The van der Waals surface area contributed by atoms with Crippen LogP contribution >= 0.6 is 0 Å². The second kappa shape index (κ2) is 8.60. The summed E-state index contributed by atoms with van der Waals surface area (Å²) >= 11 is 0. The predicted molar refractivity (Wildman–Crippen MR) is 113 cm³/mol. The van der Waals surface area contributed by atoms with E-state index in [0.29, 0.717) is 18.8 Å². The second-order valence-electron chi connectivity index (χ2n) is 8.72. The summed E-state index contributed by atoms with van der Waals surface area (Å²) in [5.74, 6) is 0.550. The molecule has 1 fully saturated rings. The first kappa shape index (κ1) is 20.6. The van der Waals surface area contributed by atoms with Gasteiger partial charge < -0.3 is 20.3 Å². The van der Waals surface area contributed by atoms with E-state index >= 15 is 0 Å². The average Bonchev–Trinajstić information content (AvgIpc) is 3.05. The highest BCUT2D eigenvalue weighted by Crippen LogP contribution is 2.35. The molecule has 0 aliphatic carbocycles. The Morgan fingerprint density at radius 2 is 2.10 bits per heavy atom. The number of nitrogens with zero attached hydrogens (tertiary/aromatic N) is 2. The van der Waals surface area contributed by atoms with E-state index in [2.05, 4.69) is 35.5 Å². The quantitative estimate of drug-likeness (QED) is 0.790. The molecule has 160 valence electrons. The maximum Gasteiger partial charge on any atom is 0.318 e. The van der Waals surface area contributed by atoms with Crippen molar-refractivity contribution >= 4 is 6.03 Å². The number of hydrogen-bond acceptors (Lipinski definition) is 4. The number of amides is 2. The van der Waals surface area contributed by atoms with Gasteiger partial charge in [-0.05, 0) is 69.1 Å². The van der Waals surface area contributed by atoms with Gasteiger partial charge in [0.2, 0.25) is 0 Å². The van der Waals surface area contributed by atoms with Crippen molar-refractivity contribution in [3.8, 4) is 5.75 Å². The van der Waals surface area contributed by atoms with Crippen molar-refractivity contribution < 1.29 is 13.9 Å². The Labute approximate surface area is 176 Å². The van der Waals surface area contributed by atoms with Crippen LogP contribution in [0.2, 0.25) is 0 Å². The number of carbonyl (C=O) groups is 1. The number of fused-ring (bicyclic) bond motifs is 1. The maximum absolute atomic E-state index is 13.2. The van der Waals surface area contributed by atoms with E-state index in [1.165, 1.54) is 17.8 Å². The average molecular weight is 413 g/mol. The summed E-state index contributed by atoms with van der Waals surface area (Å²) in [6.07, 6.45) is 3.84. The molecule has 2 aliphatic heterocycles. The van der Waals surface area contributed by atoms with Gasteiger partial charge >= 0.3 is 6.03 Å². The van der Waals surface area contributed by atoms with Gasteiger partial charge in [-0.15, -0.1) is 0 Å². The molecular formula is C23H29FN4O2. The Morgan fingerprint density at radius 1 is 1.30 bits per heavy atom. The minimum atomic E-state index is -0.375. The highest BCUT2D eigenvalue weighted by Gasteiger charge is 2.30. The Hall–Kier alpha value is -2.67. The molecule has 0 radical (unpaired) electrons. The van der Waals surface area contributed by atoms with Crippen LogP contribution in [0.5, 0.6) is 5.75 Å². The van der Waals surface area contributed by atoms with Crippen LogP contribution in [-0.4, -0.2) is 40.6 Å². The van der Waals surface area contributed by atoms with E-state index in [0.717, 1.165) is 43.7 Å². The minimum Gasteiger partial charge on any atom is -0.487 e. The monoisotopic (exact) mass is 412 g/mol. The first-order chi connectivity index (χ1) is 14.4. The molecule has 30 heavy (non-hydrogen) atoms. The Kier molecular flexibility index (Phi) is 5.90. The standard InChI is InChI=1S/C23H29FN4O2/c1-23(2)12-17-11-16(3-6-21(17)30-23)13-27-22(29)28(20-7-9-25-10-8-20)15-19-5-4-18(24)14-26-19/h3-6,11,14,20,25H,7-10,12-13,15H2,1-2H3,(H,27,29). The lowest BCUT2D eigenvalue weighted by molar-refractivity contribution is 0.138. The van der Waals surface area contributed by atoms with Crippen molar-refractivity contribution in [3.63, 3.8) is 0 Å². The van der Waals surface area contributed by atoms with Crippen LogP contribution in [0.15, 0.2) is 36.5 Å². The number of ether oxygens (including phenoxy) is 1. The Balaban J connectivity index is 1.43. The molecule has 0 unspecified atom stereocenters. The van der Waals surface area contributed by atoms with E-state index < -0.39 is 0 Å². The van der Waals surface area contributed by atoms with Crippen LogP contribution in [0, 0.1) is 5.82 Å². The van der Waals surface area contributed by atoms with Crippen LogP contribution in [0.4, 0.5) is 9.18 Å². The SMILES string of the molecule is CC1(C)Cc2cc(CNC(=O)N(Cc3ccc(F)cn3)C3CCNCC3)ccc2O1. The van der Waals surface area contributed by atoms with E-state index in [4.69, 9.17) is 4.74 Å². The lowest BCUT2D eigenvalue weighted by Gasteiger charge is -2.34. The third-order valence-electron chi connectivity index (χ3n) is 5.70. The molecular weight excluding hydrogens is 383 g/mol. The molecule has 0 bridgehead atoms. The van der Waals surface area contributed by atoms with Gasteiger partial charge in [0, 0.05) is 19.0 Å². The molecule has 0 atom stereocenters. The topological polar surface area (TPSA) is 66.5 Å². The van der Waals surface area contributed by atoms with Crippen LogP contribution < -0.4 is 15.4 Å². The molecule has 1 saturated heterocycles. The zero-order valence-corrected chi connectivity index (χ0v) is 17.6. The minimum absolute atomic E-state index is 0.120. The van der Waals surface area contributed by atoms with Gasteiger partial charge in [-0.2, -0.15) is 0 Å². The van der Waals surface area contributed by atoms with Crippen LogP contribution in [-0.2, 0) is 19.5 Å². The van der Waals surface area contributed by atoms with Gasteiger partial charge in [0.25, 0.3) is 0 Å². The second-order valence-corrected chi connectivity index (χ2v) is 8.72. The zero-order valence-electron chi connectivity index (χ0n) is 17.6. The fourth-order valence-electron chi connectivity index (χ4n) is 4.21. The molecule has 1 aromatic carbocycles. The number of carbonyl (C=O) groups excluding carboxylic acids is 1. The number of nitrogens with one attached hydrogen (secondary N) is 2. The number of aromatic nitrogens is 1. The number of halogens is 1. The van der Waals surface area contributed by atoms with Crippen molar-refractivity contribution in [1.29, 1.82) is 0 Å². The molecule has 2 N–H and O–H groups in total. The molecule has 2 aliphatic rings. The van der Waals surface area contributed by atoms with E-state index in [-0.39, 0.29) is 23.5 Å². The normalized spacial score (nSPS) is 17.8. The fourth-order valence-corrected chi connectivity index (χ4v) is 4.21. The maximum atomic E-state index is 13.2. The van der Waals surface area contributed by atoms with Crippen molar-refractivity contribution in [1.82, 2.24) is 20.5 Å². The number of urea groups is 1. The fraction of sp³-hybridized carbons (Fsp3) is 0.478. The Bertz CT molecular complexity index is 895. The molecule has 1 aromatic heterocycles. The summed E-state index contributed by atoms with van der Waals surface area (Å²) < 4.78 is 19.1. The summed E-state index contributed by atoms with van der Waals surface area (Å²) in [7, 11) is 0. The van der Waals surface area contributed by atoms with E-state index in [9.17, 15) is 9.18 Å². The number of rotatable bonds is 5. The van der Waals surface area contributed by atoms with Gasteiger partial charge in [0.1, 0.15) is 17.2 Å². The predicted octanol–water partition coefficient (Wildman–Crippen LogP) is 3.40. The van der Waals surface area contributed by atoms with Crippen molar-refractivity contribution in [2.24, 2.45) is 0 Å². The lowest BCUT2D eigenvalue weighted by atomic mass is 10.0. The van der Waals surface area contributed by atoms with Gasteiger partial charge in [0.05, 0.1) is 18.4 Å². The summed E-state index contributed by atoms with van der Waals surface area (Å²) in [6.45, 7) is 6.73. The van der Waals surface area contributed by atoms with Gasteiger partial charge in [-0.1, -0.05) is 12.1 Å². The summed E-state index contributed by atoms with van der Waals surface area (Å²) in [5.41, 5.74) is 2.73.